The zero-order valence-corrected chi connectivity index (χ0v) is 13.7. The number of carbonyl (C=O) groups is 1. The second-order valence-corrected chi connectivity index (χ2v) is 5.75. The van der Waals surface area contributed by atoms with E-state index in [0.717, 1.165) is 16.7 Å². The highest BCUT2D eigenvalue weighted by Crippen LogP contribution is 2.22. The van der Waals surface area contributed by atoms with Gasteiger partial charge in [-0.25, -0.2) is 0 Å². The van der Waals surface area contributed by atoms with Crippen LogP contribution in [0.25, 0.3) is 0 Å². The van der Waals surface area contributed by atoms with Crippen LogP contribution in [-0.2, 0) is 11.3 Å². The van der Waals surface area contributed by atoms with Gasteiger partial charge in [0.2, 0.25) is 5.91 Å². The molecule has 2 aromatic carbocycles. The van der Waals surface area contributed by atoms with Gasteiger partial charge < -0.3 is 5.32 Å². The number of aryl methyl sites for hydroxylation is 1. The van der Waals surface area contributed by atoms with Crippen LogP contribution < -0.4 is 5.32 Å². The van der Waals surface area contributed by atoms with Gasteiger partial charge in [0.05, 0.1) is 11.6 Å². The molecule has 4 heteroatoms. The Kier molecular flexibility index (Phi) is 5.51. The zero-order chi connectivity index (χ0) is 16.8. The van der Waals surface area contributed by atoms with Gasteiger partial charge in [-0.1, -0.05) is 36.4 Å². The number of rotatable bonds is 5. The first kappa shape index (κ1) is 16.7. The average molecular weight is 307 g/mol. The van der Waals surface area contributed by atoms with Crippen molar-refractivity contribution in [3.8, 4) is 6.07 Å². The Labute approximate surface area is 137 Å². The summed E-state index contributed by atoms with van der Waals surface area (Å²) in [5.41, 5.74) is 3.69. The first-order valence-electron chi connectivity index (χ1n) is 7.51. The number of benzene rings is 2. The van der Waals surface area contributed by atoms with Gasteiger partial charge in [-0.2, -0.15) is 5.26 Å². The largest absolute Gasteiger partial charge is 0.350 e. The van der Waals surface area contributed by atoms with Crippen LogP contribution in [0.2, 0.25) is 0 Å². The normalized spacial score (nSPS) is 11.8. The minimum absolute atomic E-state index is 0.0336. The topological polar surface area (TPSA) is 56.1 Å². The number of nitrogens with one attached hydrogen (secondary N) is 1. The third kappa shape index (κ3) is 4.18. The van der Waals surface area contributed by atoms with Gasteiger partial charge in [0.25, 0.3) is 0 Å². The molecule has 1 amide bonds. The number of hydrogen-bond acceptors (Lipinski definition) is 3. The third-order valence-electron chi connectivity index (χ3n) is 3.80. The molecule has 0 bridgehead atoms. The van der Waals surface area contributed by atoms with Crippen molar-refractivity contribution < 1.29 is 4.79 Å². The lowest BCUT2D eigenvalue weighted by Crippen LogP contribution is -2.37. The molecule has 0 heterocycles. The molecule has 0 aliphatic carbocycles. The number of nitrogens with zero attached hydrogens (tertiary/aromatic N) is 2. The summed E-state index contributed by atoms with van der Waals surface area (Å²) in [6, 6.07) is 16.9. The van der Waals surface area contributed by atoms with Gasteiger partial charge in [0, 0.05) is 6.54 Å². The van der Waals surface area contributed by atoms with Gasteiger partial charge >= 0.3 is 0 Å². The van der Waals surface area contributed by atoms with Crippen molar-refractivity contribution in [1.82, 2.24) is 10.2 Å². The highest BCUT2D eigenvalue weighted by atomic mass is 16.2. The van der Waals surface area contributed by atoms with Gasteiger partial charge in [-0.3, -0.25) is 9.69 Å². The van der Waals surface area contributed by atoms with E-state index in [1.54, 1.807) is 12.1 Å². The maximum absolute atomic E-state index is 12.6. The Bertz CT molecular complexity index is 714. The van der Waals surface area contributed by atoms with Crippen LogP contribution in [0, 0.1) is 18.3 Å². The van der Waals surface area contributed by atoms with E-state index in [1.807, 2.05) is 62.3 Å². The molecular formula is C19H21N3O. The molecule has 0 radical (unpaired) electrons. The second-order valence-electron chi connectivity index (χ2n) is 5.75. The summed E-state index contributed by atoms with van der Waals surface area (Å²) in [6.07, 6.45) is 0. The van der Waals surface area contributed by atoms with Crippen LogP contribution in [0.4, 0.5) is 0 Å². The van der Waals surface area contributed by atoms with Gasteiger partial charge in [0.15, 0.2) is 0 Å². The fraction of sp³-hybridized carbons (Fsp3) is 0.263. The Hall–Kier alpha value is -2.64. The lowest BCUT2D eigenvalue weighted by molar-refractivity contribution is -0.126. The standard InChI is InChI=1S/C19H21N3O/c1-14-6-4-5-7-17(14)18(22(2)3)19(23)21-13-16-10-8-15(12-20)9-11-16/h4-11,18H,13H2,1-3H3,(H,21,23). The molecule has 1 unspecified atom stereocenters. The summed E-state index contributed by atoms with van der Waals surface area (Å²) in [6.45, 7) is 2.46. The Morgan fingerprint density at radius 3 is 2.39 bits per heavy atom. The maximum atomic E-state index is 12.6. The maximum Gasteiger partial charge on any atom is 0.242 e. The van der Waals surface area contributed by atoms with E-state index in [1.165, 1.54) is 0 Å². The average Bonchev–Trinajstić information content (AvgIpc) is 2.55. The highest BCUT2D eigenvalue weighted by Gasteiger charge is 2.23. The zero-order valence-electron chi connectivity index (χ0n) is 13.7. The quantitative estimate of drug-likeness (QED) is 0.924. The van der Waals surface area contributed by atoms with E-state index in [0.29, 0.717) is 12.1 Å². The van der Waals surface area contributed by atoms with E-state index in [2.05, 4.69) is 11.4 Å². The molecule has 118 valence electrons. The van der Waals surface area contributed by atoms with E-state index >= 15 is 0 Å². The minimum Gasteiger partial charge on any atom is -0.350 e. The Morgan fingerprint density at radius 1 is 1.17 bits per heavy atom. The van der Waals surface area contributed by atoms with Crippen molar-refractivity contribution in [2.45, 2.75) is 19.5 Å². The summed E-state index contributed by atoms with van der Waals surface area (Å²) < 4.78 is 0. The summed E-state index contributed by atoms with van der Waals surface area (Å²) in [7, 11) is 3.80. The van der Waals surface area contributed by atoms with Gasteiger partial charge in [-0.05, 0) is 49.8 Å². The van der Waals surface area contributed by atoms with Gasteiger partial charge in [0.1, 0.15) is 6.04 Å². The predicted molar refractivity (Wildman–Crippen MR) is 90.6 cm³/mol. The molecule has 1 atom stereocenters. The molecule has 0 saturated carbocycles. The van der Waals surface area contributed by atoms with Crippen LogP contribution in [0.5, 0.6) is 0 Å². The van der Waals surface area contributed by atoms with Crippen LogP contribution in [0.3, 0.4) is 0 Å². The van der Waals surface area contributed by atoms with Crippen molar-refractivity contribution in [3.05, 3.63) is 70.8 Å². The van der Waals surface area contributed by atoms with E-state index in [4.69, 9.17) is 5.26 Å². The molecular weight excluding hydrogens is 286 g/mol. The van der Waals surface area contributed by atoms with Crippen LogP contribution in [0.1, 0.15) is 28.3 Å². The van der Waals surface area contributed by atoms with E-state index in [-0.39, 0.29) is 11.9 Å². The lowest BCUT2D eigenvalue weighted by Gasteiger charge is -2.25. The second kappa shape index (κ2) is 7.57. The molecule has 0 fully saturated rings. The number of carbonyl (C=O) groups excluding carboxylic acids is 1. The van der Waals surface area contributed by atoms with Crippen molar-refractivity contribution in [2.75, 3.05) is 14.1 Å². The summed E-state index contributed by atoms with van der Waals surface area (Å²) in [4.78, 5) is 14.5. The van der Waals surface area contributed by atoms with Crippen molar-refractivity contribution in [3.63, 3.8) is 0 Å². The first-order valence-corrected chi connectivity index (χ1v) is 7.51. The molecule has 2 rings (SSSR count). The molecule has 4 nitrogen and oxygen atoms in total. The summed E-state index contributed by atoms with van der Waals surface area (Å²) >= 11 is 0. The highest BCUT2D eigenvalue weighted by molar-refractivity contribution is 5.83. The molecule has 0 spiro atoms. The predicted octanol–water partition coefficient (Wildman–Crippen LogP) is 2.79. The number of nitriles is 1. The molecule has 1 N–H and O–H groups in total. The van der Waals surface area contributed by atoms with E-state index in [9.17, 15) is 4.79 Å². The van der Waals surface area contributed by atoms with Crippen LogP contribution in [-0.4, -0.2) is 24.9 Å². The fourth-order valence-corrected chi connectivity index (χ4v) is 2.53. The smallest absolute Gasteiger partial charge is 0.242 e. The van der Waals surface area contributed by atoms with E-state index < -0.39 is 0 Å². The molecule has 23 heavy (non-hydrogen) atoms. The molecule has 0 aliphatic rings. The number of hydrogen-bond donors (Lipinski definition) is 1. The Balaban J connectivity index is 2.10. The minimum atomic E-state index is -0.324. The van der Waals surface area contributed by atoms with Crippen molar-refractivity contribution in [2.24, 2.45) is 0 Å². The molecule has 0 aromatic heterocycles. The first-order chi connectivity index (χ1) is 11.0. The third-order valence-corrected chi connectivity index (χ3v) is 3.80. The Morgan fingerprint density at radius 2 is 1.83 bits per heavy atom. The number of likely N-dealkylation sites (N-methyl/N-ethyl adjacent to an activating group) is 1. The van der Waals surface area contributed by atoms with Crippen LogP contribution >= 0.6 is 0 Å². The summed E-state index contributed by atoms with van der Waals surface area (Å²) in [5, 5.41) is 11.8. The molecule has 0 aliphatic heterocycles. The SMILES string of the molecule is Cc1ccccc1C(C(=O)NCc1ccc(C#N)cc1)N(C)C. The number of amides is 1. The monoisotopic (exact) mass is 307 g/mol. The van der Waals surface area contributed by atoms with Crippen molar-refractivity contribution >= 4 is 5.91 Å². The van der Waals surface area contributed by atoms with Gasteiger partial charge in [-0.15, -0.1) is 0 Å². The fourth-order valence-electron chi connectivity index (χ4n) is 2.53. The van der Waals surface area contributed by atoms with Crippen molar-refractivity contribution in [1.29, 1.82) is 5.26 Å². The molecule has 2 aromatic rings. The summed E-state index contributed by atoms with van der Waals surface area (Å²) in [5.74, 6) is -0.0336. The van der Waals surface area contributed by atoms with Crippen LogP contribution in [0.15, 0.2) is 48.5 Å². The lowest BCUT2D eigenvalue weighted by atomic mass is 9.99. The molecule has 0 saturated heterocycles.